The number of fused-ring (bicyclic) bond motifs is 2. The van der Waals surface area contributed by atoms with E-state index in [1.54, 1.807) is 11.3 Å². The Morgan fingerprint density at radius 2 is 2.07 bits per heavy atom. The Kier molecular flexibility index (Phi) is 2.32. The molecule has 2 saturated heterocycles. The van der Waals surface area contributed by atoms with Crippen LogP contribution in [0.15, 0.2) is 11.4 Å². The van der Waals surface area contributed by atoms with E-state index in [0.29, 0.717) is 12.1 Å². The number of rotatable bonds is 1. The molecule has 2 nitrogen and oxygen atoms in total. The lowest BCUT2D eigenvalue weighted by atomic mass is 9.86. The zero-order chi connectivity index (χ0) is 10.5. The Balaban J connectivity index is 1.94. The van der Waals surface area contributed by atoms with Crippen LogP contribution in [0.2, 0.25) is 5.02 Å². The highest BCUT2D eigenvalue weighted by molar-refractivity contribution is 7.10. The first-order chi connectivity index (χ1) is 7.17. The van der Waals surface area contributed by atoms with Crippen molar-refractivity contribution in [1.29, 1.82) is 0 Å². The minimum Gasteiger partial charge on any atom is -0.384 e. The third kappa shape index (κ3) is 1.62. The maximum Gasteiger partial charge on any atom is 0.103 e. The van der Waals surface area contributed by atoms with Gasteiger partial charge in [0.15, 0.2) is 0 Å². The van der Waals surface area contributed by atoms with Gasteiger partial charge < -0.3 is 10.4 Å². The zero-order valence-corrected chi connectivity index (χ0v) is 9.94. The van der Waals surface area contributed by atoms with Crippen molar-refractivity contribution in [2.45, 2.75) is 43.4 Å². The van der Waals surface area contributed by atoms with Gasteiger partial charge in [0.2, 0.25) is 0 Å². The molecule has 3 heterocycles. The zero-order valence-electron chi connectivity index (χ0n) is 8.37. The summed E-state index contributed by atoms with van der Waals surface area (Å²) in [6.07, 6.45) is 4.00. The smallest absolute Gasteiger partial charge is 0.103 e. The molecule has 2 aliphatic rings. The van der Waals surface area contributed by atoms with Crippen LogP contribution in [0.4, 0.5) is 0 Å². The van der Waals surface area contributed by atoms with Crippen molar-refractivity contribution in [2.24, 2.45) is 0 Å². The molecule has 0 saturated carbocycles. The van der Waals surface area contributed by atoms with E-state index in [2.05, 4.69) is 5.32 Å². The second-order valence-electron chi connectivity index (χ2n) is 4.68. The molecular weight excluding hydrogens is 230 g/mol. The van der Waals surface area contributed by atoms with Crippen LogP contribution < -0.4 is 5.32 Å². The predicted octanol–water partition coefficient (Wildman–Crippen LogP) is 2.50. The van der Waals surface area contributed by atoms with Crippen LogP contribution in [0.3, 0.4) is 0 Å². The number of halogens is 1. The number of thiophene rings is 1. The molecular formula is C11H14ClNOS. The molecule has 82 valence electrons. The van der Waals surface area contributed by atoms with E-state index >= 15 is 0 Å². The van der Waals surface area contributed by atoms with Gasteiger partial charge in [-0.3, -0.25) is 0 Å². The Morgan fingerprint density at radius 1 is 1.40 bits per heavy atom. The van der Waals surface area contributed by atoms with E-state index in [1.165, 1.54) is 12.8 Å². The third-order valence-corrected chi connectivity index (χ3v) is 5.08. The van der Waals surface area contributed by atoms with Crippen LogP contribution in [-0.4, -0.2) is 17.2 Å². The molecule has 2 atom stereocenters. The highest BCUT2D eigenvalue weighted by atomic mass is 35.5. The van der Waals surface area contributed by atoms with E-state index in [9.17, 15) is 5.11 Å². The fourth-order valence-electron chi connectivity index (χ4n) is 2.93. The average molecular weight is 244 g/mol. The Morgan fingerprint density at radius 3 is 2.60 bits per heavy atom. The normalized spacial score (nSPS) is 39.6. The number of hydrogen-bond acceptors (Lipinski definition) is 3. The van der Waals surface area contributed by atoms with Crippen molar-refractivity contribution in [3.05, 3.63) is 21.3 Å². The van der Waals surface area contributed by atoms with Crippen molar-refractivity contribution in [2.75, 3.05) is 0 Å². The van der Waals surface area contributed by atoms with Crippen LogP contribution in [0.5, 0.6) is 0 Å². The van der Waals surface area contributed by atoms with Gasteiger partial charge in [-0.1, -0.05) is 11.6 Å². The number of aliphatic hydroxyl groups is 1. The molecule has 0 aromatic carbocycles. The van der Waals surface area contributed by atoms with E-state index in [0.717, 1.165) is 22.7 Å². The highest BCUT2D eigenvalue weighted by Crippen LogP contribution is 2.44. The number of piperidine rings is 1. The van der Waals surface area contributed by atoms with E-state index in [1.807, 2.05) is 11.4 Å². The molecule has 4 heteroatoms. The molecule has 3 rings (SSSR count). The standard InChI is InChI=1S/C11H14ClNOS/c12-9-3-4-15-10(9)11(14)5-7-1-2-8(6-11)13-7/h3-4,7-8,13-14H,1-2,5-6H2. The van der Waals surface area contributed by atoms with Gasteiger partial charge in [-0.15, -0.1) is 11.3 Å². The maximum absolute atomic E-state index is 10.7. The first-order valence-electron chi connectivity index (χ1n) is 5.39. The quantitative estimate of drug-likeness (QED) is 0.795. The lowest BCUT2D eigenvalue weighted by molar-refractivity contribution is -0.00802. The van der Waals surface area contributed by atoms with Crippen LogP contribution >= 0.6 is 22.9 Å². The summed E-state index contributed by atoms with van der Waals surface area (Å²) >= 11 is 7.69. The van der Waals surface area contributed by atoms with Gasteiger partial charge in [0.25, 0.3) is 0 Å². The second-order valence-corrected chi connectivity index (χ2v) is 6.00. The van der Waals surface area contributed by atoms with Crippen LogP contribution in [-0.2, 0) is 5.60 Å². The van der Waals surface area contributed by atoms with Gasteiger partial charge in [-0.25, -0.2) is 0 Å². The summed E-state index contributed by atoms with van der Waals surface area (Å²) in [4.78, 5) is 0.961. The van der Waals surface area contributed by atoms with Gasteiger partial charge in [-0.2, -0.15) is 0 Å². The first kappa shape index (κ1) is 10.1. The van der Waals surface area contributed by atoms with Crippen molar-refractivity contribution < 1.29 is 5.11 Å². The summed E-state index contributed by atoms with van der Waals surface area (Å²) in [6.45, 7) is 0. The van der Waals surface area contributed by atoms with Crippen molar-refractivity contribution in [3.63, 3.8) is 0 Å². The largest absolute Gasteiger partial charge is 0.384 e. The maximum atomic E-state index is 10.7. The molecule has 1 aromatic heterocycles. The Labute approximate surface area is 98.3 Å². The Bertz CT molecular complexity index is 366. The molecule has 2 fully saturated rings. The fourth-order valence-corrected chi connectivity index (χ4v) is 4.29. The molecule has 2 aliphatic heterocycles. The van der Waals surface area contributed by atoms with Crippen molar-refractivity contribution in [3.8, 4) is 0 Å². The van der Waals surface area contributed by atoms with E-state index in [-0.39, 0.29) is 0 Å². The van der Waals surface area contributed by atoms with Gasteiger partial charge in [0, 0.05) is 12.1 Å². The van der Waals surface area contributed by atoms with Crippen LogP contribution in [0, 0.1) is 0 Å². The molecule has 0 spiro atoms. The lowest BCUT2D eigenvalue weighted by Gasteiger charge is -2.36. The monoisotopic (exact) mass is 243 g/mol. The van der Waals surface area contributed by atoms with E-state index < -0.39 is 5.60 Å². The summed E-state index contributed by atoms with van der Waals surface area (Å²) in [5, 5.41) is 16.9. The number of hydrogen-bond donors (Lipinski definition) is 2. The van der Waals surface area contributed by atoms with Crippen LogP contribution in [0.1, 0.15) is 30.6 Å². The van der Waals surface area contributed by atoms with E-state index in [4.69, 9.17) is 11.6 Å². The third-order valence-electron chi connectivity index (χ3n) is 3.54. The molecule has 2 N–H and O–H groups in total. The number of nitrogens with one attached hydrogen (secondary N) is 1. The molecule has 0 amide bonds. The molecule has 0 radical (unpaired) electrons. The average Bonchev–Trinajstić information content (AvgIpc) is 2.73. The molecule has 15 heavy (non-hydrogen) atoms. The minimum atomic E-state index is -0.678. The van der Waals surface area contributed by atoms with Gasteiger partial charge in [0.1, 0.15) is 5.60 Å². The summed E-state index contributed by atoms with van der Waals surface area (Å²) in [5.41, 5.74) is -0.678. The molecule has 0 aliphatic carbocycles. The van der Waals surface area contributed by atoms with Gasteiger partial charge in [-0.05, 0) is 37.1 Å². The van der Waals surface area contributed by atoms with Crippen molar-refractivity contribution >= 4 is 22.9 Å². The van der Waals surface area contributed by atoms with Gasteiger partial charge >= 0.3 is 0 Å². The van der Waals surface area contributed by atoms with Crippen LogP contribution in [0.25, 0.3) is 0 Å². The fraction of sp³-hybridized carbons (Fsp3) is 0.636. The summed E-state index contributed by atoms with van der Waals surface area (Å²) < 4.78 is 0. The van der Waals surface area contributed by atoms with Gasteiger partial charge in [0.05, 0.1) is 9.90 Å². The summed E-state index contributed by atoms with van der Waals surface area (Å²) in [5.74, 6) is 0. The second kappa shape index (κ2) is 3.45. The van der Waals surface area contributed by atoms with Crippen molar-refractivity contribution in [1.82, 2.24) is 5.32 Å². The highest BCUT2D eigenvalue weighted by Gasteiger charge is 2.44. The summed E-state index contributed by atoms with van der Waals surface area (Å²) in [7, 11) is 0. The predicted molar refractivity (Wildman–Crippen MR) is 62.4 cm³/mol. The minimum absolute atomic E-state index is 0.479. The molecule has 2 bridgehead atoms. The lowest BCUT2D eigenvalue weighted by Crippen LogP contribution is -2.46. The summed E-state index contributed by atoms with van der Waals surface area (Å²) in [6, 6.07) is 2.84. The topological polar surface area (TPSA) is 32.3 Å². The first-order valence-corrected chi connectivity index (χ1v) is 6.65. The SMILES string of the molecule is OC1(c2sccc2Cl)CC2CCC(C1)N2. The Hall–Kier alpha value is -0.0900. The molecule has 1 aromatic rings. The molecule has 2 unspecified atom stereocenters.